The Bertz CT molecular complexity index is 338. The molecule has 1 aromatic rings. The summed E-state index contributed by atoms with van der Waals surface area (Å²) in [6, 6.07) is 8.82. The van der Waals surface area contributed by atoms with E-state index in [1.807, 2.05) is 12.1 Å². The van der Waals surface area contributed by atoms with E-state index in [9.17, 15) is 0 Å². The average molecular weight is 216 g/mol. The Hall–Kier alpha value is -1.02. The average Bonchev–Trinajstić information content (AvgIpc) is 2.29. The molecule has 1 aliphatic rings. The van der Waals surface area contributed by atoms with Gasteiger partial charge in [-0.25, -0.2) is 0 Å². The second kappa shape index (κ2) is 4.88. The molecule has 0 atom stereocenters. The molecule has 0 N–H and O–H groups in total. The van der Waals surface area contributed by atoms with E-state index in [2.05, 4.69) is 35.8 Å². The van der Waals surface area contributed by atoms with Gasteiger partial charge in [-0.2, -0.15) is 0 Å². The van der Waals surface area contributed by atoms with E-state index < -0.39 is 0 Å². The summed E-state index contributed by atoms with van der Waals surface area (Å²) in [4.78, 5) is 4.93. The SMILES string of the molecule is [CH]c1cccc(N2CCN(C(C)C)CC2)c1. The molecule has 1 heterocycles. The first-order chi connectivity index (χ1) is 7.66. The molecule has 16 heavy (non-hydrogen) atoms. The molecule has 2 radical (unpaired) electrons. The number of piperazine rings is 1. The van der Waals surface area contributed by atoms with Gasteiger partial charge in [0.1, 0.15) is 0 Å². The number of hydrogen-bond donors (Lipinski definition) is 0. The Labute approximate surface area is 98.9 Å². The van der Waals surface area contributed by atoms with Crippen molar-refractivity contribution >= 4 is 5.69 Å². The van der Waals surface area contributed by atoms with Gasteiger partial charge >= 0.3 is 0 Å². The molecule has 0 bridgehead atoms. The number of benzene rings is 1. The maximum absolute atomic E-state index is 5.80. The van der Waals surface area contributed by atoms with Crippen LogP contribution in [0.2, 0.25) is 0 Å². The van der Waals surface area contributed by atoms with Crippen molar-refractivity contribution in [3.8, 4) is 0 Å². The zero-order chi connectivity index (χ0) is 11.5. The molecule has 86 valence electrons. The van der Waals surface area contributed by atoms with Gasteiger partial charge in [0.15, 0.2) is 0 Å². The van der Waals surface area contributed by atoms with Gasteiger partial charge in [0.25, 0.3) is 0 Å². The molecule has 1 saturated heterocycles. The van der Waals surface area contributed by atoms with Crippen LogP contribution in [-0.4, -0.2) is 37.1 Å². The first kappa shape index (κ1) is 11.5. The zero-order valence-corrected chi connectivity index (χ0v) is 10.2. The van der Waals surface area contributed by atoms with Crippen molar-refractivity contribution in [1.82, 2.24) is 4.90 Å². The fourth-order valence-electron chi connectivity index (χ4n) is 2.22. The smallest absolute Gasteiger partial charge is 0.0369 e. The van der Waals surface area contributed by atoms with Gasteiger partial charge in [-0.05, 0) is 38.5 Å². The second-order valence-electron chi connectivity index (χ2n) is 4.71. The van der Waals surface area contributed by atoms with Gasteiger partial charge in [-0.15, -0.1) is 0 Å². The highest BCUT2D eigenvalue weighted by atomic mass is 15.3. The van der Waals surface area contributed by atoms with E-state index in [4.69, 9.17) is 6.92 Å². The number of rotatable bonds is 2. The van der Waals surface area contributed by atoms with Crippen LogP contribution in [0.25, 0.3) is 0 Å². The largest absolute Gasteiger partial charge is 0.369 e. The number of nitrogens with zero attached hydrogens (tertiary/aromatic N) is 2. The van der Waals surface area contributed by atoms with E-state index in [0.717, 1.165) is 31.7 Å². The highest BCUT2D eigenvalue weighted by molar-refractivity contribution is 5.49. The lowest BCUT2D eigenvalue weighted by molar-refractivity contribution is 0.209. The molecular formula is C14H20N2. The number of hydrogen-bond acceptors (Lipinski definition) is 2. The summed E-state index contributed by atoms with van der Waals surface area (Å²) < 4.78 is 0. The second-order valence-corrected chi connectivity index (χ2v) is 4.71. The molecule has 0 aliphatic carbocycles. The van der Waals surface area contributed by atoms with Gasteiger partial charge < -0.3 is 4.90 Å². The molecule has 0 saturated carbocycles. The van der Waals surface area contributed by atoms with E-state index in [0.29, 0.717) is 6.04 Å². The maximum atomic E-state index is 5.80. The Morgan fingerprint density at radius 3 is 2.38 bits per heavy atom. The quantitative estimate of drug-likeness (QED) is 0.748. The summed E-state index contributed by atoms with van der Waals surface area (Å²) in [6.45, 7) is 14.8. The third kappa shape index (κ3) is 2.56. The van der Waals surface area contributed by atoms with Crippen LogP contribution in [0.5, 0.6) is 0 Å². The van der Waals surface area contributed by atoms with Crippen molar-refractivity contribution in [1.29, 1.82) is 0 Å². The van der Waals surface area contributed by atoms with Crippen molar-refractivity contribution < 1.29 is 0 Å². The summed E-state index contributed by atoms with van der Waals surface area (Å²) in [7, 11) is 0. The van der Waals surface area contributed by atoms with E-state index in [1.165, 1.54) is 5.69 Å². The Balaban J connectivity index is 1.99. The highest BCUT2D eigenvalue weighted by Crippen LogP contribution is 2.18. The molecule has 2 heteroatoms. The van der Waals surface area contributed by atoms with Gasteiger partial charge in [0.05, 0.1) is 0 Å². The fraction of sp³-hybridized carbons (Fsp3) is 0.500. The van der Waals surface area contributed by atoms with Gasteiger partial charge in [0, 0.05) is 37.9 Å². The minimum absolute atomic E-state index is 0.656. The van der Waals surface area contributed by atoms with Crippen molar-refractivity contribution in [3.63, 3.8) is 0 Å². The monoisotopic (exact) mass is 216 g/mol. The van der Waals surface area contributed by atoms with Crippen LogP contribution in [0.1, 0.15) is 19.4 Å². The minimum Gasteiger partial charge on any atom is -0.369 e. The first-order valence-electron chi connectivity index (χ1n) is 6.01. The Morgan fingerprint density at radius 1 is 1.12 bits per heavy atom. The molecule has 0 unspecified atom stereocenters. The fourth-order valence-corrected chi connectivity index (χ4v) is 2.22. The third-order valence-corrected chi connectivity index (χ3v) is 3.28. The summed E-state index contributed by atoms with van der Waals surface area (Å²) in [5, 5.41) is 0. The molecule has 1 aromatic carbocycles. The third-order valence-electron chi connectivity index (χ3n) is 3.28. The molecular weight excluding hydrogens is 196 g/mol. The van der Waals surface area contributed by atoms with Crippen LogP contribution in [0.15, 0.2) is 24.3 Å². The van der Waals surface area contributed by atoms with E-state index >= 15 is 0 Å². The Morgan fingerprint density at radius 2 is 1.81 bits per heavy atom. The standard InChI is InChI=1S/C14H20N2/c1-12(2)15-7-9-16(10-8-15)14-6-4-5-13(3)11-14/h3-6,11-12H,7-10H2,1-2H3. The van der Waals surface area contributed by atoms with Crippen LogP contribution in [0, 0.1) is 6.92 Å². The van der Waals surface area contributed by atoms with Gasteiger partial charge in [-0.1, -0.05) is 12.1 Å². The van der Waals surface area contributed by atoms with Crippen LogP contribution in [0.3, 0.4) is 0 Å². The van der Waals surface area contributed by atoms with Crippen molar-refractivity contribution in [2.24, 2.45) is 0 Å². The zero-order valence-electron chi connectivity index (χ0n) is 10.2. The van der Waals surface area contributed by atoms with Crippen LogP contribution < -0.4 is 4.90 Å². The predicted octanol–water partition coefficient (Wildman–Crippen LogP) is 2.28. The molecule has 1 fully saturated rings. The lowest BCUT2D eigenvalue weighted by Gasteiger charge is -2.38. The van der Waals surface area contributed by atoms with Gasteiger partial charge in [0.2, 0.25) is 0 Å². The highest BCUT2D eigenvalue weighted by Gasteiger charge is 2.18. The normalized spacial score (nSPS) is 18.1. The lowest BCUT2D eigenvalue weighted by atomic mass is 10.2. The minimum atomic E-state index is 0.656. The number of anilines is 1. The first-order valence-corrected chi connectivity index (χ1v) is 6.01. The lowest BCUT2D eigenvalue weighted by Crippen LogP contribution is -2.48. The van der Waals surface area contributed by atoms with E-state index in [-0.39, 0.29) is 0 Å². The summed E-state index contributed by atoms with van der Waals surface area (Å²) in [5.74, 6) is 0. The molecule has 2 nitrogen and oxygen atoms in total. The van der Waals surface area contributed by atoms with Crippen LogP contribution >= 0.6 is 0 Å². The Kier molecular flexibility index (Phi) is 3.49. The van der Waals surface area contributed by atoms with E-state index in [1.54, 1.807) is 0 Å². The summed E-state index contributed by atoms with van der Waals surface area (Å²) in [5.41, 5.74) is 2.10. The molecule has 0 spiro atoms. The predicted molar refractivity (Wildman–Crippen MR) is 68.8 cm³/mol. The molecule has 2 rings (SSSR count). The van der Waals surface area contributed by atoms with Crippen LogP contribution in [0.4, 0.5) is 5.69 Å². The van der Waals surface area contributed by atoms with Crippen molar-refractivity contribution in [2.45, 2.75) is 19.9 Å². The molecule has 0 amide bonds. The topological polar surface area (TPSA) is 6.48 Å². The summed E-state index contributed by atoms with van der Waals surface area (Å²) in [6.07, 6.45) is 0. The molecule has 1 aliphatic heterocycles. The van der Waals surface area contributed by atoms with Crippen molar-refractivity contribution in [3.05, 3.63) is 36.8 Å². The van der Waals surface area contributed by atoms with Gasteiger partial charge in [-0.3, -0.25) is 4.90 Å². The maximum Gasteiger partial charge on any atom is 0.0369 e. The summed E-state index contributed by atoms with van der Waals surface area (Å²) >= 11 is 0. The van der Waals surface area contributed by atoms with Crippen LogP contribution in [-0.2, 0) is 0 Å². The van der Waals surface area contributed by atoms with Crippen molar-refractivity contribution in [2.75, 3.05) is 31.1 Å². The molecule has 0 aromatic heterocycles.